The fourth-order valence-electron chi connectivity index (χ4n) is 2.02. The lowest BCUT2D eigenvalue weighted by molar-refractivity contribution is -0.118. The Bertz CT molecular complexity index is 404. The van der Waals surface area contributed by atoms with Crippen LogP contribution >= 0.6 is 0 Å². The molecule has 0 fully saturated rings. The lowest BCUT2D eigenvalue weighted by atomic mass is 10.1. The van der Waals surface area contributed by atoms with Crippen LogP contribution in [0.2, 0.25) is 0 Å². The molecule has 1 aromatic rings. The van der Waals surface area contributed by atoms with Crippen LogP contribution in [0.5, 0.6) is 5.75 Å². The molecule has 0 bridgehead atoms. The summed E-state index contributed by atoms with van der Waals surface area (Å²) in [5.41, 5.74) is 7.57. The summed E-state index contributed by atoms with van der Waals surface area (Å²) in [6, 6.07) is 5.81. The molecule has 0 radical (unpaired) electrons. The number of amides is 1. The molecule has 86 valence electrons. The van der Waals surface area contributed by atoms with Crippen LogP contribution in [0.15, 0.2) is 18.2 Å². The van der Waals surface area contributed by atoms with Crippen molar-refractivity contribution in [3.63, 3.8) is 0 Å². The summed E-state index contributed by atoms with van der Waals surface area (Å²) in [4.78, 5) is 13.6. The van der Waals surface area contributed by atoms with Crippen LogP contribution in [0, 0.1) is 0 Å². The van der Waals surface area contributed by atoms with Crippen molar-refractivity contribution in [3.05, 3.63) is 23.8 Å². The van der Waals surface area contributed by atoms with Gasteiger partial charge in [-0.05, 0) is 30.2 Å². The third-order valence-electron chi connectivity index (χ3n) is 2.84. The molecular formula is C12H16N2O2. The molecule has 0 aromatic heterocycles. The number of benzene rings is 1. The van der Waals surface area contributed by atoms with E-state index in [2.05, 4.69) is 0 Å². The fourth-order valence-corrected chi connectivity index (χ4v) is 2.02. The van der Waals surface area contributed by atoms with Gasteiger partial charge in [0.2, 0.25) is 5.91 Å². The first-order valence-corrected chi connectivity index (χ1v) is 5.43. The smallest absolute Gasteiger partial charge is 0.228 e. The highest BCUT2D eigenvalue weighted by molar-refractivity contribution is 5.95. The number of nitrogens with zero attached hydrogens (tertiary/aromatic N) is 1. The Morgan fingerprint density at radius 2 is 2.38 bits per heavy atom. The van der Waals surface area contributed by atoms with E-state index in [1.165, 1.54) is 5.56 Å². The van der Waals surface area contributed by atoms with Crippen LogP contribution in [-0.2, 0) is 11.2 Å². The maximum absolute atomic E-state index is 11.8. The van der Waals surface area contributed by atoms with Crippen molar-refractivity contribution in [1.82, 2.24) is 0 Å². The SMILES string of the molecule is COc1ccc2c(c1)CCN2C(=O)CCN. The zero-order valence-corrected chi connectivity index (χ0v) is 9.40. The minimum Gasteiger partial charge on any atom is -0.497 e. The maximum Gasteiger partial charge on any atom is 0.228 e. The molecular weight excluding hydrogens is 204 g/mol. The van der Waals surface area contributed by atoms with Gasteiger partial charge in [0.15, 0.2) is 0 Å². The Labute approximate surface area is 95.0 Å². The summed E-state index contributed by atoms with van der Waals surface area (Å²) in [6.07, 6.45) is 1.30. The lowest BCUT2D eigenvalue weighted by Gasteiger charge is -2.16. The second-order valence-electron chi connectivity index (χ2n) is 3.83. The molecule has 0 saturated heterocycles. The Hall–Kier alpha value is -1.55. The molecule has 0 unspecified atom stereocenters. The molecule has 0 spiro atoms. The molecule has 1 aromatic carbocycles. The quantitative estimate of drug-likeness (QED) is 0.824. The molecule has 0 aliphatic carbocycles. The minimum atomic E-state index is 0.103. The Kier molecular flexibility index (Phi) is 3.10. The molecule has 4 nitrogen and oxygen atoms in total. The van der Waals surface area contributed by atoms with E-state index >= 15 is 0 Å². The summed E-state index contributed by atoms with van der Waals surface area (Å²) in [5, 5.41) is 0. The number of carbonyl (C=O) groups excluding carboxylic acids is 1. The first kappa shape index (κ1) is 11.0. The summed E-state index contributed by atoms with van der Waals surface area (Å²) >= 11 is 0. The molecule has 1 aliphatic rings. The van der Waals surface area contributed by atoms with E-state index in [4.69, 9.17) is 10.5 Å². The van der Waals surface area contributed by atoms with Crippen molar-refractivity contribution in [2.75, 3.05) is 25.1 Å². The molecule has 1 aliphatic heterocycles. The van der Waals surface area contributed by atoms with Crippen LogP contribution < -0.4 is 15.4 Å². The fraction of sp³-hybridized carbons (Fsp3) is 0.417. The number of fused-ring (bicyclic) bond motifs is 1. The molecule has 2 rings (SSSR count). The third-order valence-corrected chi connectivity index (χ3v) is 2.84. The summed E-state index contributed by atoms with van der Waals surface area (Å²) in [6.45, 7) is 1.15. The van der Waals surface area contributed by atoms with Gasteiger partial charge in [-0.1, -0.05) is 0 Å². The molecule has 16 heavy (non-hydrogen) atoms. The van der Waals surface area contributed by atoms with Gasteiger partial charge in [0.05, 0.1) is 7.11 Å². The standard InChI is InChI=1S/C12H16N2O2/c1-16-10-2-3-11-9(8-10)5-7-14(11)12(15)4-6-13/h2-3,8H,4-7,13H2,1H3. The average molecular weight is 220 g/mol. The second kappa shape index (κ2) is 4.53. The van der Waals surface area contributed by atoms with Crippen molar-refractivity contribution in [2.45, 2.75) is 12.8 Å². The van der Waals surface area contributed by atoms with Gasteiger partial charge in [0.1, 0.15) is 5.75 Å². The zero-order valence-electron chi connectivity index (χ0n) is 9.40. The zero-order chi connectivity index (χ0) is 11.5. The highest BCUT2D eigenvalue weighted by atomic mass is 16.5. The Morgan fingerprint density at radius 3 is 3.06 bits per heavy atom. The van der Waals surface area contributed by atoms with Crippen LogP contribution in [-0.4, -0.2) is 26.1 Å². The van der Waals surface area contributed by atoms with Gasteiger partial charge in [-0.2, -0.15) is 0 Å². The predicted molar refractivity (Wildman–Crippen MR) is 62.7 cm³/mol. The number of hydrogen-bond donors (Lipinski definition) is 1. The number of methoxy groups -OCH3 is 1. The van der Waals surface area contributed by atoms with Crippen LogP contribution in [0.3, 0.4) is 0 Å². The Balaban J connectivity index is 2.23. The largest absolute Gasteiger partial charge is 0.497 e. The number of rotatable bonds is 3. The van der Waals surface area contributed by atoms with Gasteiger partial charge in [0.25, 0.3) is 0 Å². The lowest BCUT2D eigenvalue weighted by Crippen LogP contribution is -2.30. The predicted octanol–water partition coefficient (Wildman–Crippen LogP) is 0.933. The van der Waals surface area contributed by atoms with Crippen molar-refractivity contribution in [1.29, 1.82) is 0 Å². The third kappa shape index (κ3) is 1.88. The van der Waals surface area contributed by atoms with Gasteiger partial charge in [-0.3, -0.25) is 4.79 Å². The van der Waals surface area contributed by atoms with Crippen molar-refractivity contribution in [3.8, 4) is 5.75 Å². The normalized spacial score (nSPS) is 13.8. The number of anilines is 1. The highest BCUT2D eigenvalue weighted by Gasteiger charge is 2.24. The van der Waals surface area contributed by atoms with Gasteiger partial charge < -0.3 is 15.4 Å². The van der Waals surface area contributed by atoms with Crippen LogP contribution in [0.4, 0.5) is 5.69 Å². The first-order valence-electron chi connectivity index (χ1n) is 5.43. The average Bonchev–Trinajstić information content (AvgIpc) is 2.71. The van der Waals surface area contributed by atoms with Crippen molar-refractivity contribution in [2.24, 2.45) is 5.73 Å². The molecule has 0 atom stereocenters. The number of carbonyl (C=O) groups is 1. The highest BCUT2D eigenvalue weighted by Crippen LogP contribution is 2.31. The topological polar surface area (TPSA) is 55.6 Å². The maximum atomic E-state index is 11.8. The second-order valence-corrected chi connectivity index (χ2v) is 3.83. The van der Waals surface area contributed by atoms with E-state index < -0.39 is 0 Å². The monoisotopic (exact) mass is 220 g/mol. The van der Waals surface area contributed by atoms with Gasteiger partial charge >= 0.3 is 0 Å². The van der Waals surface area contributed by atoms with Gasteiger partial charge in [0, 0.05) is 25.2 Å². The minimum absolute atomic E-state index is 0.103. The number of nitrogens with two attached hydrogens (primary N) is 1. The van der Waals surface area contributed by atoms with E-state index in [9.17, 15) is 4.79 Å². The summed E-state index contributed by atoms with van der Waals surface area (Å²) < 4.78 is 5.16. The molecule has 0 saturated carbocycles. The summed E-state index contributed by atoms with van der Waals surface area (Å²) in [7, 11) is 1.65. The molecule has 4 heteroatoms. The van der Waals surface area contributed by atoms with Crippen molar-refractivity contribution < 1.29 is 9.53 Å². The van der Waals surface area contributed by atoms with E-state index in [1.807, 2.05) is 23.1 Å². The van der Waals surface area contributed by atoms with Crippen molar-refractivity contribution >= 4 is 11.6 Å². The van der Waals surface area contributed by atoms with E-state index in [0.717, 1.165) is 24.4 Å². The van der Waals surface area contributed by atoms with Crippen LogP contribution in [0.25, 0.3) is 0 Å². The van der Waals surface area contributed by atoms with Crippen LogP contribution in [0.1, 0.15) is 12.0 Å². The van der Waals surface area contributed by atoms with E-state index in [1.54, 1.807) is 7.11 Å². The summed E-state index contributed by atoms with van der Waals surface area (Å²) in [5.74, 6) is 0.943. The van der Waals surface area contributed by atoms with Gasteiger partial charge in [-0.15, -0.1) is 0 Å². The first-order chi connectivity index (χ1) is 7.76. The van der Waals surface area contributed by atoms with E-state index in [0.29, 0.717) is 13.0 Å². The van der Waals surface area contributed by atoms with E-state index in [-0.39, 0.29) is 5.91 Å². The number of ether oxygens (including phenoxy) is 1. The van der Waals surface area contributed by atoms with Gasteiger partial charge in [-0.25, -0.2) is 0 Å². The molecule has 1 heterocycles. The Morgan fingerprint density at radius 1 is 1.56 bits per heavy atom. The molecule has 2 N–H and O–H groups in total. The number of hydrogen-bond acceptors (Lipinski definition) is 3. The molecule has 1 amide bonds.